The van der Waals surface area contributed by atoms with Gasteiger partial charge in [0.05, 0.1) is 7.11 Å². The zero-order valence-corrected chi connectivity index (χ0v) is 13.3. The van der Waals surface area contributed by atoms with Gasteiger partial charge in [-0.15, -0.1) is 0 Å². The Bertz CT molecular complexity index is 441. The van der Waals surface area contributed by atoms with Crippen LogP contribution in [-0.2, 0) is 11.2 Å². The highest BCUT2D eigenvalue weighted by atomic mass is 16.5. The van der Waals surface area contributed by atoms with Gasteiger partial charge in [0.25, 0.3) is 0 Å². The molecule has 1 aromatic carbocycles. The first-order valence-electron chi connectivity index (χ1n) is 8.17. The number of carbonyl (C=O) groups is 1. The van der Waals surface area contributed by atoms with Crippen molar-refractivity contribution in [1.82, 2.24) is 4.90 Å². The molecule has 0 N–H and O–H groups in total. The van der Waals surface area contributed by atoms with Gasteiger partial charge < -0.3 is 9.64 Å². The van der Waals surface area contributed by atoms with Crippen molar-refractivity contribution in [2.24, 2.45) is 0 Å². The highest BCUT2D eigenvalue weighted by Gasteiger charge is 2.29. The van der Waals surface area contributed by atoms with Gasteiger partial charge in [-0.2, -0.15) is 0 Å². The van der Waals surface area contributed by atoms with Crippen molar-refractivity contribution in [1.29, 1.82) is 0 Å². The Morgan fingerprint density at radius 1 is 1.24 bits per heavy atom. The van der Waals surface area contributed by atoms with E-state index in [9.17, 15) is 4.79 Å². The summed E-state index contributed by atoms with van der Waals surface area (Å²) in [4.78, 5) is 14.2. The third-order valence-electron chi connectivity index (χ3n) is 4.39. The standard InChI is InChI=1S/C18H27NO2/c1-3-4-5-6-16-9-12-18(20)19(16)14-13-15-7-10-17(21-2)11-8-15/h7-8,10-11,16H,3-6,9,12-14H2,1-2H3. The molecule has 1 aliphatic heterocycles. The number of amides is 1. The quantitative estimate of drug-likeness (QED) is 0.681. The molecule has 3 nitrogen and oxygen atoms in total. The maximum absolute atomic E-state index is 12.0. The molecule has 0 aliphatic carbocycles. The molecule has 0 spiro atoms. The average molecular weight is 289 g/mol. The average Bonchev–Trinajstić information content (AvgIpc) is 2.86. The Balaban J connectivity index is 1.85. The van der Waals surface area contributed by atoms with Crippen LogP contribution in [-0.4, -0.2) is 30.5 Å². The molecule has 1 fully saturated rings. The van der Waals surface area contributed by atoms with Crippen molar-refractivity contribution in [3.05, 3.63) is 29.8 Å². The van der Waals surface area contributed by atoms with Gasteiger partial charge in [-0.05, 0) is 37.0 Å². The molecule has 1 aromatic rings. The zero-order chi connectivity index (χ0) is 15.1. The minimum absolute atomic E-state index is 0.338. The molecule has 1 atom stereocenters. The predicted molar refractivity (Wildman–Crippen MR) is 85.6 cm³/mol. The molecule has 1 heterocycles. The zero-order valence-electron chi connectivity index (χ0n) is 13.3. The summed E-state index contributed by atoms with van der Waals surface area (Å²) in [5, 5.41) is 0. The summed E-state index contributed by atoms with van der Waals surface area (Å²) in [6.07, 6.45) is 7.64. The van der Waals surface area contributed by atoms with E-state index >= 15 is 0 Å². The molecule has 2 rings (SSSR count). The summed E-state index contributed by atoms with van der Waals surface area (Å²) in [7, 11) is 1.68. The molecule has 0 radical (unpaired) electrons. The third kappa shape index (κ3) is 4.48. The van der Waals surface area contributed by atoms with Crippen molar-refractivity contribution in [2.45, 2.75) is 57.9 Å². The van der Waals surface area contributed by atoms with Crippen molar-refractivity contribution in [3.8, 4) is 5.75 Å². The third-order valence-corrected chi connectivity index (χ3v) is 4.39. The molecule has 1 amide bonds. The van der Waals surface area contributed by atoms with Crippen LogP contribution >= 0.6 is 0 Å². The molecule has 116 valence electrons. The topological polar surface area (TPSA) is 29.5 Å². The second-order valence-corrected chi connectivity index (χ2v) is 5.87. The molecule has 1 unspecified atom stereocenters. The van der Waals surface area contributed by atoms with Crippen molar-refractivity contribution < 1.29 is 9.53 Å². The summed E-state index contributed by atoms with van der Waals surface area (Å²) >= 11 is 0. The van der Waals surface area contributed by atoms with Crippen LogP contribution in [0.5, 0.6) is 5.75 Å². The summed E-state index contributed by atoms with van der Waals surface area (Å²) in [6, 6.07) is 8.62. The molecular formula is C18H27NO2. The van der Waals surface area contributed by atoms with Crippen molar-refractivity contribution in [3.63, 3.8) is 0 Å². The van der Waals surface area contributed by atoms with E-state index in [0.29, 0.717) is 11.9 Å². The van der Waals surface area contributed by atoms with E-state index in [1.807, 2.05) is 12.1 Å². The Kier molecular flexibility index (Phi) is 6.09. The number of methoxy groups -OCH3 is 1. The number of unbranched alkanes of at least 4 members (excludes halogenated alkanes) is 2. The van der Waals surface area contributed by atoms with Crippen LogP contribution in [0.3, 0.4) is 0 Å². The second kappa shape index (κ2) is 8.06. The molecule has 0 aromatic heterocycles. The summed E-state index contributed by atoms with van der Waals surface area (Å²) in [5.74, 6) is 1.22. The van der Waals surface area contributed by atoms with Crippen molar-refractivity contribution in [2.75, 3.05) is 13.7 Å². The fourth-order valence-electron chi connectivity index (χ4n) is 3.07. The normalized spacial score (nSPS) is 18.3. The van der Waals surface area contributed by atoms with Crippen LogP contribution < -0.4 is 4.74 Å². The van der Waals surface area contributed by atoms with Gasteiger partial charge in [-0.1, -0.05) is 38.3 Å². The maximum atomic E-state index is 12.0. The van der Waals surface area contributed by atoms with Gasteiger partial charge >= 0.3 is 0 Å². The number of rotatable bonds is 8. The van der Waals surface area contributed by atoms with Crippen LogP contribution in [0.4, 0.5) is 0 Å². The number of nitrogens with zero attached hydrogens (tertiary/aromatic N) is 1. The van der Waals surface area contributed by atoms with Gasteiger partial charge in [0, 0.05) is 19.0 Å². The van der Waals surface area contributed by atoms with Crippen LogP contribution in [0.15, 0.2) is 24.3 Å². The summed E-state index contributed by atoms with van der Waals surface area (Å²) < 4.78 is 5.17. The van der Waals surface area contributed by atoms with Gasteiger partial charge in [0.15, 0.2) is 0 Å². The Hall–Kier alpha value is -1.51. The highest BCUT2D eigenvalue weighted by molar-refractivity contribution is 5.78. The van der Waals surface area contributed by atoms with E-state index in [-0.39, 0.29) is 0 Å². The first-order valence-corrected chi connectivity index (χ1v) is 8.17. The Labute approximate surface area is 128 Å². The number of likely N-dealkylation sites (tertiary alicyclic amines) is 1. The summed E-state index contributed by atoms with van der Waals surface area (Å²) in [6.45, 7) is 3.07. The smallest absolute Gasteiger partial charge is 0.222 e. The lowest BCUT2D eigenvalue weighted by atomic mass is 10.1. The van der Waals surface area contributed by atoms with Crippen LogP contribution in [0.2, 0.25) is 0 Å². The minimum atomic E-state index is 0.338. The van der Waals surface area contributed by atoms with Crippen molar-refractivity contribution >= 4 is 5.91 Å². The molecule has 21 heavy (non-hydrogen) atoms. The number of benzene rings is 1. The lowest BCUT2D eigenvalue weighted by Crippen LogP contribution is -2.34. The van der Waals surface area contributed by atoms with Gasteiger partial charge in [-0.3, -0.25) is 4.79 Å². The highest BCUT2D eigenvalue weighted by Crippen LogP contribution is 2.24. The van der Waals surface area contributed by atoms with Crippen LogP contribution in [0.1, 0.15) is 51.0 Å². The largest absolute Gasteiger partial charge is 0.497 e. The lowest BCUT2D eigenvalue weighted by molar-refractivity contribution is -0.129. The number of ether oxygens (including phenoxy) is 1. The minimum Gasteiger partial charge on any atom is -0.497 e. The predicted octanol–water partition coefficient (Wildman–Crippen LogP) is 3.81. The van der Waals surface area contributed by atoms with E-state index in [0.717, 1.165) is 31.6 Å². The van der Waals surface area contributed by atoms with E-state index < -0.39 is 0 Å². The van der Waals surface area contributed by atoms with Crippen LogP contribution in [0, 0.1) is 0 Å². The molecular weight excluding hydrogens is 262 g/mol. The van der Waals surface area contributed by atoms with E-state index in [1.54, 1.807) is 7.11 Å². The van der Waals surface area contributed by atoms with Gasteiger partial charge in [0.1, 0.15) is 5.75 Å². The molecule has 1 aliphatic rings. The molecule has 0 saturated carbocycles. The Morgan fingerprint density at radius 2 is 2.00 bits per heavy atom. The molecule has 0 bridgehead atoms. The lowest BCUT2D eigenvalue weighted by Gasteiger charge is -2.25. The number of carbonyl (C=O) groups excluding carboxylic acids is 1. The van der Waals surface area contributed by atoms with Gasteiger partial charge in [0.2, 0.25) is 5.91 Å². The SMILES string of the molecule is CCCCCC1CCC(=O)N1CCc1ccc(OC)cc1. The van der Waals surface area contributed by atoms with Gasteiger partial charge in [-0.25, -0.2) is 0 Å². The van der Waals surface area contributed by atoms with E-state index in [2.05, 4.69) is 24.0 Å². The molecule has 3 heteroatoms. The van der Waals surface area contributed by atoms with E-state index in [4.69, 9.17) is 4.74 Å². The van der Waals surface area contributed by atoms with Crippen LogP contribution in [0.25, 0.3) is 0 Å². The summed E-state index contributed by atoms with van der Waals surface area (Å²) in [5.41, 5.74) is 1.27. The monoisotopic (exact) mass is 289 g/mol. The first kappa shape index (κ1) is 15.9. The fraction of sp³-hybridized carbons (Fsp3) is 0.611. The maximum Gasteiger partial charge on any atom is 0.222 e. The number of hydrogen-bond donors (Lipinski definition) is 0. The first-order chi connectivity index (χ1) is 10.2. The fourth-order valence-corrected chi connectivity index (χ4v) is 3.07. The molecule has 1 saturated heterocycles. The Morgan fingerprint density at radius 3 is 2.67 bits per heavy atom. The second-order valence-electron chi connectivity index (χ2n) is 5.87. The van der Waals surface area contributed by atoms with E-state index in [1.165, 1.54) is 31.2 Å². The number of hydrogen-bond acceptors (Lipinski definition) is 2.